The number of nitrogens with two attached hydrogens (primary N) is 1. The molecule has 3 rings (SSSR count). The van der Waals surface area contributed by atoms with E-state index in [2.05, 4.69) is 9.98 Å². The van der Waals surface area contributed by atoms with Gasteiger partial charge in [-0.2, -0.15) is 5.26 Å². The van der Waals surface area contributed by atoms with Crippen LogP contribution in [0.5, 0.6) is 0 Å². The van der Waals surface area contributed by atoms with Gasteiger partial charge in [0.1, 0.15) is 23.1 Å². The molecule has 1 aliphatic rings. The highest BCUT2D eigenvalue weighted by Crippen LogP contribution is 2.35. The van der Waals surface area contributed by atoms with E-state index in [1.165, 1.54) is 26.2 Å². The average Bonchev–Trinajstić information content (AvgIpc) is 2.68. The number of halogens is 3. The van der Waals surface area contributed by atoms with Crippen molar-refractivity contribution in [2.45, 2.75) is 19.4 Å². The first-order chi connectivity index (χ1) is 14.4. The third kappa shape index (κ3) is 4.11. The Morgan fingerprint density at radius 2 is 2.03 bits per heavy atom. The number of rotatable bonds is 3. The molecule has 0 amide bonds. The van der Waals surface area contributed by atoms with Crippen LogP contribution >= 0.6 is 0 Å². The van der Waals surface area contributed by atoms with Crippen LogP contribution in [0.3, 0.4) is 0 Å². The number of aryl methyl sites for hydroxylation is 1. The second-order valence-electron chi connectivity index (χ2n) is 7.33. The number of benzene rings is 1. The van der Waals surface area contributed by atoms with Crippen molar-refractivity contribution in [2.75, 3.05) is 12.8 Å². The van der Waals surface area contributed by atoms with Gasteiger partial charge in [0.15, 0.2) is 11.6 Å². The summed E-state index contributed by atoms with van der Waals surface area (Å²) in [5.74, 6) is -4.47. The van der Waals surface area contributed by atoms with Gasteiger partial charge in [-0.1, -0.05) is 0 Å². The Hall–Kier alpha value is -3.39. The molecule has 0 saturated carbocycles. The molecule has 2 aromatic rings. The van der Waals surface area contributed by atoms with Crippen LogP contribution in [0.25, 0.3) is 11.9 Å². The smallest absolute Gasteiger partial charge is 0.239 e. The van der Waals surface area contributed by atoms with Gasteiger partial charge in [-0.05, 0) is 49.2 Å². The predicted octanol–water partition coefficient (Wildman–Crippen LogP) is 2.81. The lowest BCUT2D eigenvalue weighted by Crippen LogP contribution is -2.50. The van der Waals surface area contributed by atoms with Crippen molar-refractivity contribution in [3.05, 3.63) is 64.0 Å². The highest BCUT2D eigenvalue weighted by atomic mass is 32.2. The zero-order valence-electron chi connectivity index (χ0n) is 16.8. The molecule has 2 heterocycles. The number of hydrogen-bond donors (Lipinski definition) is 1. The molecule has 0 unspecified atom stereocenters. The molecule has 0 saturated heterocycles. The predicted molar refractivity (Wildman–Crippen MR) is 110 cm³/mol. The van der Waals surface area contributed by atoms with Crippen molar-refractivity contribution in [3.8, 4) is 6.07 Å². The lowest BCUT2D eigenvalue weighted by Gasteiger charge is -2.34. The highest BCUT2D eigenvalue weighted by Gasteiger charge is 2.42. The second-order valence-corrected chi connectivity index (χ2v) is 9.33. The molecule has 2 N–H and O–H groups in total. The summed E-state index contributed by atoms with van der Waals surface area (Å²) in [5, 5.41) is 8.89. The summed E-state index contributed by atoms with van der Waals surface area (Å²) in [4.78, 5) is 7.94. The largest absolute Gasteiger partial charge is 0.369 e. The fourth-order valence-electron chi connectivity index (χ4n) is 3.27. The Balaban J connectivity index is 2.13. The molecular formula is C20H18F3N5O2S. The van der Waals surface area contributed by atoms with E-state index in [9.17, 15) is 21.6 Å². The lowest BCUT2D eigenvalue weighted by molar-refractivity contribution is 0.435. The van der Waals surface area contributed by atoms with Gasteiger partial charge in [0, 0.05) is 18.8 Å². The number of aromatic nitrogens is 1. The Morgan fingerprint density at radius 3 is 2.61 bits per heavy atom. The molecule has 0 aliphatic carbocycles. The Kier molecular flexibility index (Phi) is 5.54. The normalized spacial score (nSPS) is 20.9. The van der Waals surface area contributed by atoms with Crippen molar-refractivity contribution in [2.24, 2.45) is 10.7 Å². The monoisotopic (exact) mass is 449 g/mol. The van der Waals surface area contributed by atoms with Crippen LogP contribution in [0.4, 0.5) is 13.2 Å². The minimum absolute atomic E-state index is 0.0664. The second kappa shape index (κ2) is 7.70. The minimum atomic E-state index is -3.92. The first-order valence-electron chi connectivity index (χ1n) is 8.94. The first kappa shape index (κ1) is 22.3. The summed E-state index contributed by atoms with van der Waals surface area (Å²) in [5.41, 5.74) is 4.06. The highest BCUT2D eigenvalue weighted by molar-refractivity contribution is 7.89. The third-order valence-electron chi connectivity index (χ3n) is 4.92. The maximum Gasteiger partial charge on any atom is 0.239 e. The maximum absolute atomic E-state index is 14.8. The van der Waals surface area contributed by atoms with Gasteiger partial charge >= 0.3 is 0 Å². The van der Waals surface area contributed by atoms with Crippen molar-refractivity contribution in [1.29, 1.82) is 5.26 Å². The van der Waals surface area contributed by atoms with Crippen molar-refractivity contribution in [1.82, 2.24) is 9.29 Å². The van der Waals surface area contributed by atoms with Crippen LogP contribution in [0.15, 0.2) is 29.4 Å². The van der Waals surface area contributed by atoms with E-state index in [4.69, 9.17) is 11.0 Å². The van der Waals surface area contributed by atoms with Crippen LogP contribution in [-0.4, -0.2) is 36.5 Å². The number of nitriles is 1. The maximum atomic E-state index is 14.8. The summed E-state index contributed by atoms with van der Waals surface area (Å²) < 4.78 is 69.3. The molecule has 1 aliphatic heterocycles. The van der Waals surface area contributed by atoms with Crippen molar-refractivity contribution >= 4 is 27.9 Å². The number of aliphatic imine (C=N–C) groups is 1. The molecule has 0 fully saturated rings. The van der Waals surface area contributed by atoms with Crippen LogP contribution in [-0.2, 0) is 15.6 Å². The van der Waals surface area contributed by atoms with Gasteiger partial charge in [0.2, 0.25) is 16.0 Å². The van der Waals surface area contributed by atoms with Gasteiger partial charge in [-0.15, -0.1) is 0 Å². The number of guanidine groups is 1. The van der Waals surface area contributed by atoms with Gasteiger partial charge in [0.05, 0.1) is 11.3 Å². The summed E-state index contributed by atoms with van der Waals surface area (Å²) in [7, 11) is -2.72. The fourth-order valence-corrected chi connectivity index (χ4v) is 4.72. The Morgan fingerprint density at radius 1 is 1.35 bits per heavy atom. The molecular weight excluding hydrogens is 431 g/mol. The van der Waals surface area contributed by atoms with E-state index < -0.39 is 38.8 Å². The molecule has 1 atom stereocenters. The number of nitrogens with zero attached hydrogens (tertiary/aromatic N) is 4. The molecule has 1 aromatic heterocycles. The molecule has 0 bridgehead atoms. The van der Waals surface area contributed by atoms with E-state index >= 15 is 0 Å². The number of hydrogen-bond acceptors (Lipinski definition) is 6. The van der Waals surface area contributed by atoms with E-state index in [-0.39, 0.29) is 28.3 Å². The summed E-state index contributed by atoms with van der Waals surface area (Å²) in [6.07, 6.45) is 2.13. The minimum Gasteiger partial charge on any atom is -0.369 e. The zero-order chi connectivity index (χ0) is 23.1. The van der Waals surface area contributed by atoms with Crippen LogP contribution < -0.4 is 5.73 Å². The van der Waals surface area contributed by atoms with Crippen LogP contribution in [0.2, 0.25) is 0 Å². The first-order valence-corrected chi connectivity index (χ1v) is 10.5. The third-order valence-corrected chi connectivity index (χ3v) is 6.87. The molecule has 162 valence electrons. The van der Waals surface area contributed by atoms with E-state index in [0.29, 0.717) is 5.56 Å². The molecule has 1 aromatic carbocycles. The van der Waals surface area contributed by atoms with E-state index in [1.54, 1.807) is 6.92 Å². The van der Waals surface area contributed by atoms with Gasteiger partial charge in [-0.3, -0.25) is 4.98 Å². The van der Waals surface area contributed by atoms with Crippen molar-refractivity contribution < 1.29 is 21.6 Å². The Labute approximate surface area is 177 Å². The summed E-state index contributed by atoms with van der Waals surface area (Å²) in [6, 6.07) is 5.22. The average molecular weight is 449 g/mol. The Bertz CT molecular complexity index is 1280. The van der Waals surface area contributed by atoms with E-state index in [1.807, 2.05) is 6.07 Å². The molecule has 0 spiro atoms. The van der Waals surface area contributed by atoms with Gasteiger partial charge < -0.3 is 5.73 Å². The SMILES string of the molecule is Cc1cc(C#N)cnc1/C(F)=C/c1cc(F)c(F)c([C@]2(C)CS(=O)(=O)N(C)C(N)=N2)c1. The quantitative estimate of drug-likeness (QED) is 0.774. The summed E-state index contributed by atoms with van der Waals surface area (Å²) in [6.45, 7) is 2.85. The number of pyridine rings is 1. The van der Waals surface area contributed by atoms with Crippen LogP contribution in [0.1, 0.15) is 34.9 Å². The van der Waals surface area contributed by atoms with Crippen molar-refractivity contribution in [3.63, 3.8) is 0 Å². The number of sulfonamides is 1. The standard InChI is InChI=1S/C20H18F3N5O2S/c1-11-4-13(8-24)9-26-18(11)16(22)7-12-5-14(17(23)15(21)6-12)20(2)10-31(29,30)28(3)19(25)27-20/h4-7,9H,10H2,1-3H3,(H2,25,27)/b16-7-/t20-/m0/s1. The van der Waals surface area contributed by atoms with E-state index in [0.717, 1.165) is 22.5 Å². The molecule has 0 radical (unpaired) electrons. The fraction of sp³-hybridized carbons (Fsp3) is 0.250. The lowest BCUT2D eigenvalue weighted by atomic mass is 9.92. The van der Waals surface area contributed by atoms with Gasteiger partial charge in [-0.25, -0.2) is 30.9 Å². The van der Waals surface area contributed by atoms with Crippen LogP contribution in [0, 0.1) is 29.9 Å². The zero-order valence-corrected chi connectivity index (χ0v) is 17.6. The summed E-state index contributed by atoms with van der Waals surface area (Å²) >= 11 is 0. The molecule has 11 heteroatoms. The molecule has 7 nitrogen and oxygen atoms in total. The molecule has 31 heavy (non-hydrogen) atoms. The topological polar surface area (TPSA) is 112 Å². The van der Waals surface area contributed by atoms with Gasteiger partial charge in [0.25, 0.3) is 0 Å².